The van der Waals surface area contributed by atoms with E-state index >= 15 is 0 Å². The number of hydrogen-bond acceptors (Lipinski definition) is 7. The van der Waals surface area contributed by atoms with E-state index in [4.69, 9.17) is 10.5 Å². The molecular formula is C20H22N6O2. The van der Waals surface area contributed by atoms with Crippen molar-refractivity contribution in [2.45, 2.75) is 13.8 Å². The Hall–Kier alpha value is -3.81. The highest BCUT2D eigenvalue weighted by molar-refractivity contribution is 5.95. The van der Waals surface area contributed by atoms with Gasteiger partial charge in [-0.25, -0.2) is 9.97 Å². The van der Waals surface area contributed by atoms with Crippen LogP contribution in [0.4, 0.5) is 23.0 Å². The number of aryl methyl sites for hydroxylation is 2. The van der Waals surface area contributed by atoms with Crippen molar-refractivity contribution in [2.75, 3.05) is 23.6 Å². The molecule has 1 amide bonds. The summed E-state index contributed by atoms with van der Waals surface area (Å²) in [6, 6.07) is 12.8. The summed E-state index contributed by atoms with van der Waals surface area (Å²) in [5.74, 6) is 1.08. The Morgan fingerprint density at radius 3 is 2.29 bits per heavy atom. The number of nitrogens with two attached hydrogens (primary N) is 1. The molecule has 0 atom stereocenters. The van der Waals surface area contributed by atoms with Crippen LogP contribution >= 0.6 is 0 Å². The molecule has 8 heteroatoms. The van der Waals surface area contributed by atoms with E-state index in [0.717, 1.165) is 16.8 Å². The van der Waals surface area contributed by atoms with Crippen molar-refractivity contribution in [1.29, 1.82) is 0 Å². The third-order valence-electron chi connectivity index (χ3n) is 4.01. The first-order valence-corrected chi connectivity index (χ1v) is 8.62. The minimum atomic E-state index is -0.329. The van der Waals surface area contributed by atoms with E-state index in [1.807, 2.05) is 26.0 Å². The van der Waals surface area contributed by atoms with Gasteiger partial charge >= 0.3 is 0 Å². The molecule has 1 aromatic heterocycles. The van der Waals surface area contributed by atoms with Crippen LogP contribution < -0.4 is 26.6 Å². The molecule has 0 saturated carbocycles. The molecule has 144 valence electrons. The van der Waals surface area contributed by atoms with Crippen LogP contribution in [0.2, 0.25) is 0 Å². The van der Waals surface area contributed by atoms with Crippen molar-refractivity contribution >= 4 is 28.9 Å². The van der Waals surface area contributed by atoms with Gasteiger partial charge in [-0.05, 0) is 61.4 Å². The van der Waals surface area contributed by atoms with Crippen molar-refractivity contribution in [1.82, 2.24) is 15.4 Å². The maximum absolute atomic E-state index is 12.3. The predicted molar refractivity (Wildman–Crippen MR) is 110 cm³/mol. The van der Waals surface area contributed by atoms with Gasteiger partial charge in [-0.1, -0.05) is 6.07 Å². The molecule has 8 nitrogen and oxygen atoms in total. The van der Waals surface area contributed by atoms with E-state index in [1.54, 1.807) is 31.4 Å². The van der Waals surface area contributed by atoms with Crippen molar-refractivity contribution in [2.24, 2.45) is 0 Å². The Morgan fingerprint density at radius 1 is 1.00 bits per heavy atom. The van der Waals surface area contributed by atoms with Crippen LogP contribution in [0.15, 0.2) is 48.8 Å². The average Bonchev–Trinajstić information content (AvgIpc) is 2.67. The Morgan fingerprint density at radius 2 is 1.64 bits per heavy atom. The maximum atomic E-state index is 12.3. The highest BCUT2D eigenvalue weighted by Crippen LogP contribution is 2.26. The maximum Gasteiger partial charge on any atom is 0.269 e. The van der Waals surface area contributed by atoms with Crippen molar-refractivity contribution in [3.05, 3.63) is 65.5 Å². The molecule has 3 rings (SSSR count). The molecule has 3 aromatic rings. The summed E-state index contributed by atoms with van der Waals surface area (Å²) in [7, 11) is 1.57. The third-order valence-corrected chi connectivity index (χ3v) is 4.01. The first-order valence-electron chi connectivity index (χ1n) is 8.62. The van der Waals surface area contributed by atoms with Crippen LogP contribution in [0.25, 0.3) is 0 Å². The SMILES string of the molecule is COc1ccc(C(=O)NNc2ncnc(Nc3cc(C)cc(C)c3)c2N)cc1. The van der Waals surface area contributed by atoms with Gasteiger partial charge in [0.15, 0.2) is 11.6 Å². The van der Waals surface area contributed by atoms with Gasteiger partial charge in [0.25, 0.3) is 5.91 Å². The lowest BCUT2D eigenvalue weighted by molar-refractivity contribution is 0.0962. The lowest BCUT2D eigenvalue weighted by Gasteiger charge is -2.14. The standard InChI is InChI=1S/C20H22N6O2/c1-12-8-13(2)10-15(9-12)24-18-17(21)19(23-11-22-18)25-26-20(27)14-4-6-16(28-3)7-5-14/h4-11H,21H2,1-3H3,(H,26,27)(H2,22,23,24,25). The molecule has 28 heavy (non-hydrogen) atoms. The van der Waals surface area contributed by atoms with E-state index < -0.39 is 0 Å². The average molecular weight is 378 g/mol. The highest BCUT2D eigenvalue weighted by Gasteiger charge is 2.11. The van der Waals surface area contributed by atoms with Crippen LogP contribution in [0.3, 0.4) is 0 Å². The Kier molecular flexibility index (Phi) is 5.59. The quantitative estimate of drug-likeness (QED) is 0.487. The van der Waals surface area contributed by atoms with Crippen molar-refractivity contribution < 1.29 is 9.53 Å². The zero-order chi connectivity index (χ0) is 20.1. The lowest BCUT2D eigenvalue weighted by Crippen LogP contribution is -2.30. The number of nitrogen functional groups attached to an aromatic ring is 1. The number of ether oxygens (including phenoxy) is 1. The third kappa shape index (κ3) is 4.47. The summed E-state index contributed by atoms with van der Waals surface area (Å²) >= 11 is 0. The summed E-state index contributed by atoms with van der Waals surface area (Å²) in [5.41, 5.74) is 15.3. The monoisotopic (exact) mass is 378 g/mol. The molecule has 2 aromatic carbocycles. The number of hydrogen-bond donors (Lipinski definition) is 4. The van der Waals surface area contributed by atoms with Crippen LogP contribution in [-0.2, 0) is 0 Å². The Labute approximate surface area is 163 Å². The van der Waals surface area contributed by atoms with Crippen LogP contribution in [0, 0.1) is 13.8 Å². The fourth-order valence-corrected chi connectivity index (χ4v) is 2.71. The lowest BCUT2D eigenvalue weighted by atomic mass is 10.1. The van der Waals surface area contributed by atoms with Gasteiger partial charge in [-0.3, -0.25) is 15.6 Å². The number of methoxy groups -OCH3 is 1. The zero-order valence-corrected chi connectivity index (χ0v) is 15.9. The van der Waals surface area contributed by atoms with Crippen LogP contribution in [0.1, 0.15) is 21.5 Å². The van der Waals surface area contributed by atoms with Crippen molar-refractivity contribution in [3.8, 4) is 5.75 Å². The highest BCUT2D eigenvalue weighted by atomic mass is 16.5. The molecule has 0 fully saturated rings. The van der Waals surface area contributed by atoms with E-state index in [-0.39, 0.29) is 11.6 Å². The summed E-state index contributed by atoms with van der Waals surface area (Å²) in [4.78, 5) is 20.5. The molecule has 0 saturated heterocycles. The van der Waals surface area contributed by atoms with E-state index in [1.165, 1.54) is 6.33 Å². The molecule has 0 spiro atoms. The number of nitrogens with one attached hydrogen (secondary N) is 3. The molecule has 0 unspecified atom stereocenters. The van der Waals surface area contributed by atoms with Gasteiger partial charge in [-0.15, -0.1) is 0 Å². The summed E-state index contributed by atoms with van der Waals surface area (Å²) < 4.78 is 5.08. The number of aromatic nitrogens is 2. The van der Waals surface area contributed by atoms with Gasteiger partial charge in [0, 0.05) is 11.3 Å². The number of anilines is 4. The Balaban J connectivity index is 1.70. The second kappa shape index (κ2) is 8.26. The second-order valence-electron chi connectivity index (χ2n) is 6.29. The van der Waals surface area contributed by atoms with Gasteiger partial charge < -0.3 is 15.8 Å². The molecule has 0 aliphatic heterocycles. The second-order valence-corrected chi connectivity index (χ2v) is 6.29. The van der Waals surface area contributed by atoms with Crippen LogP contribution in [-0.4, -0.2) is 23.0 Å². The molecule has 0 aliphatic carbocycles. The van der Waals surface area contributed by atoms with Gasteiger partial charge in [-0.2, -0.15) is 0 Å². The normalized spacial score (nSPS) is 10.2. The number of carbonyl (C=O) groups excluding carboxylic acids is 1. The number of nitrogens with zero attached hydrogens (tertiary/aromatic N) is 2. The first kappa shape index (κ1) is 19.0. The zero-order valence-electron chi connectivity index (χ0n) is 15.9. The van der Waals surface area contributed by atoms with E-state index in [2.05, 4.69) is 32.2 Å². The van der Waals surface area contributed by atoms with E-state index in [0.29, 0.717) is 22.9 Å². The number of amides is 1. The summed E-state index contributed by atoms with van der Waals surface area (Å²) in [6.45, 7) is 4.03. The van der Waals surface area contributed by atoms with Gasteiger partial charge in [0.2, 0.25) is 0 Å². The molecule has 5 N–H and O–H groups in total. The fraction of sp³-hybridized carbons (Fsp3) is 0.150. The fourth-order valence-electron chi connectivity index (χ4n) is 2.71. The van der Waals surface area contributed by atoms with Gasteiger partial charge in [0.1, 0.15) is 17.8 Å². The van der Waals surface area contributed by atoms with Gasteiger partial charge in [0.05, 0.1) is 7.11 Å². The number of benzene rings is 2. The molecule has 0 radical (unpaired) electrons. The van der Waals surface area contributed by atoms with Crippen molar-refractivity contribution in [3.63, 3.8) is 0 Å². The predicted octanol–water partition coefficient (Wildman–Crippen LogP) is 3.18. The molecule has 1 heterocycles. The topological polar surface area (TPSA) is 114 Å². The minimum Gasteiger partial charge on any atom is -0.497 e. The molecule has 0 aliphatic rings. The largest absolute Gasteiger partial charge is 0.497 e. The molecular weight excluding hydrogens is 356 g/mol. The first-order chi connectivity index (χ1) is 13.5. The van der Waals surface area contributed by atoms with E-state index in [9.17, 15) is 4.79 Å². The summed E-state index contributed by atoms with van der Waals surface area (Å²) in [6.07, 6.45) is 1.36. The number of rotatable bonds is 6. The smallest absolute Gasteiger partial charge is 0.269 e. The summed E-state index contributed by atoms with van der Waals surface area (Å²) in [5, 5.41) is 3.18. The molecule has 0 bridgehead atoms. The minimum absolute atomic E-state index is 0.289. The number of hydrazine groups is 1. The number of carbonyl (C=O) groups is 1. The van der Waals surface area contributed by atoms with Crippen LogP contribution in [0.5, 0.6) is 5.75 Å². The Bertz CT molecular complexity index is 968.